The number of benzene rings is 2. The van der Waals surface area contributed by atoms with Crippen LogP contribution in [0.4, 0.5) is 5.69 Å². The van der Waals surface area contributed by atoms with E-state index >= 15 is 0 Å². The van der Waals surface area contributed by atoms with Crippen LogP contribution in [-0.2, 0) is 11.3 Å². The van der Waals surface area contributed by atoms with Gasteiger partial charge in [-0.05, 0) is 43.7 Å². The molecule has 0 saturated heterocycles. The first kappa shape index (κ1) is 18.8. The molecule has 3 aromatic rings. The summed E-state index contributed by atoms with van der Waals surface area (Å²) in [7, 11) is 0. The van der Waals surface area contributed by atoms with E-state index < -0.39 is 0 Å². The smallest absolute Gasteiger partial charge is 0.258 e. The van der Waals surface area contributed by atoms with Gasteiger partial charge in [0.2, 0.25) is 5.91 Å². The van der Waals surface area contributed by atoms with Crippen LogP contribution in [0.5, 0.6) is 0 Å². The van der Waals surface area contributed by atoms with Crippen molar-refractivity contribution in [2.45, 2.75) is 26.8 Å². The topological polar surface area (TPSA) is 78.1 Å². The summed E-state index contributed by atoms with van der Waals surface area (Å²) in [5.74, 6) is 0.483. The molecule has 0 bridgehead atoms. The Hall–Kier alpha value is -2.99. The van der Waals surface area contributed by atoms with Gasteiger partial charge in [-0.3, -0.25) is 14.5 Å². The van der Waals surface area contributed by atoms with Gasteiger partial charge in [-0.15, -0.1) is 0 Å². The predicted molar refractivity (Wildman–Crippen MR) is 108 cm³/mol. The molecular formula is C21H24N4O2. The van der Waals surface area contributed by atoms with Crippen molar-refractivity contribution in [2.75, 3.05) is 18.4 Å². The molecular weight excluding hydrogens is 340 g/mol. The number of carbonyl (C=O) groups is 1. The van der Waals surface area contributed by atoms with Gasteiger partial charge in [0.15, 0.2) is 0 Å². The van der Waals surface area contributed by atoms with Crippen LogP contribution in [-0.4, -0.2) is 33.9 Å². The highest BCUT2D eigenvalue weighted by Gasteiger charge is 2.14. The van der Waals surface area contributed by atoms with Crippen molar-refractivity contribution in [1.82, 2.24) is 14.9 Å². The lowest BCUT2D eigenvalue weighted by Crippen LogP contribution is -2.34. The fourth-order valence-electron chi connectivity index (χ4n) is 3.06. The number of fused-ring (bicyclic) bond motifs is 1. The van der Waals surface area contributed by atoms with Gasteiger partial charge in [0.05, 0.1) is 24.0 Å². The molecule has 2 N–H and O–H groups in total. The summed E-state index contributed by atoms with van der Waals surface area (Å²) >= 11 is 0. The Morgan fingerprint density at radius 1 is 1.15 bits per heavy atom. The lowest BCUT2D eigenvalue weighted by Gasteiger charge is -2.21. The average molecular weight is 364 g/mol. The molecule has 0 fully saturated rings. The van der Waals surface area contributed by atoms with E-state index in [1.54, 1.807) is 6.07 Å². The Labute approximate surface area is 158 Å². The summed E-state index contributed by atoms with van der Waals surface area (Å²) in [6.45, 7) is 5.40. The van der Waals surface area contributed by atoms with E-state index in [0.29, 0.717) is 23.3 Å². The number of hydrogen-bond donors (Lipinski definition) is 2. The monoisotopic (exact) mass is 364 g/mol. The lowest BCUT2D eigenvalue weighted by molar-refractivity contribution is -0.117. The first-order valence-corrected chi connectivity index (χ1v) is 9.12. The number of H-pyrrole nitrogens is 1. The van der Waals surface area contributed by atoms with Crippen molar-refractivity contribution in [3.05, 3.63) is 70.3 Å². The van der Waals surface area contributed by atoms with Crippen molar-refractivity contribution < 1.29 is 4.79 Å². The summed E-state index contributed by atoms with van der Waals surface area (Å²) < 4.78 is 0. The molecule has 1 amide bonds. The van der Waals surface area contributed by atoms with Crippen LogP contribution in [0.15, 0.2) is 53.3 Å². The number of amides is 1. The van der Waals surface area contributed by atoms with E-state index in [1.165, 1.54) is 0 Å². The first-order valence-electron chi connectivity index (χ1n) is 9.12. The molecule has 0 spiro atoms. The Balaban J connectivity index is 1.73. The van der Waals surface area contributed by atoms with E-state index in [0.717, 1.165) is 24.2 Å². The molecule has 2 aromatic carbocycles. The molecule has 140 valence electrons. The Morgan fingerprint density at radius 2 is 1.89 bits per heavy atom. The van der Waals surface area contributed by atoms with Gasteiger partial charge >= 0.3 is 0 Å². The molecule has 0 aliphatic rings. The van der Waals surface area contributed by atoms with Gasteiger partial charge in [0.25, 0.3) is 5.56 Å². The number of nitrogens with zero attached hydrogens (tertiary/aromatic N) is 2. The maximum Gasteiger partial charge on any atom is 0.258 e. The minimum atomic E-state index is -0.156. The zero-order valence-corrected chi connectivity index (χ0v) is 15.7. The van der Waals surface area contributed by atoms with E-state index in [4.69, 9.17) is 0 Å². The molecule has 0 atom stereocenters. The normalized spacial score (nSPS) is 11.1. The van der Waals surface area contributed by atoms with E-state index in [1.807, 2.05) is 54.3 Å². The molecule has 1 aromatic heterocycles. The summed E-state index contributed by atoms with van der Waals surface area (Å²) in [4.78, 5) is 34.1. The van der Waals surface area contributed by atoms with Crippen LogP contribution in [0.3, 0.4) is 0 Å². The first-order chi connectivity index (χ1) is 13.1. The number of carbonyl (C=O) groups excluding carboxylic acids is 1. The van der Waals surface area contributed by atoms with Gasteiger partial charge in [0, 0.05) is 5.69 Å². The third-order valence-corrected chi connectivity index (χ3v) is 4.36. The van der Waals surface area contributed by atoms with Crippen molar-refractivity contribution >= 4 is 22.5 Å². The van der Waals surface area contributed by atoms with Crippen molar-refractivity contribution in [2.24, 2.45) is 0 Å². The number of aromatic amines is 1. The van der Waals surface area contributed by atoms with Gasteiger partial charge < -0.3 is 10.3 Å². The quantitative estimate of drug-likeness (QED) is 0.675. The second-order valence-corrected chi connectivity index (χ2v) is 6.60. The maximum atomic E-state index is 12.5. The molecule has 6 heteroatoms. The molecule has 0 saturated carbocycles. The van der Waals surface area contributed by atoms with Gasteiger partial charge in [-0.1, -0.05) is 37.3 Å². The highest BCUT2D eigenvalue weighted by Crippen LogP contribution is 2.13. The number of anilines is 1. The molecule has 0 radical (unpaired) electrons. The van der Waals surface area contributed by atoms with Crippen LogP contribution in [0.1, 0.15) is 24.7 Å². The molecule has 3 rings (SSSR count). The SMILES string of the molecule is CCCN(CC(=O)Nc1ccccc1C)Cc1nc2ccccc2c(=O)[nH]1. The number of hydrogen-bond acceptors (Lipinski definition) is 4. The maximum absolute atomic E-state index is 12.5. The summed E-state index contributed by atoms with van der Waals surface area (Å²) in [6.07, 6.45) is 0.898. The third-order valence-electron chi connectivity index (χ3n) is 4.36. The second-order valence-electron chi connectivity index (χ2n) is 6.60. The number of rotatable bonds is 7. The Bertz CT molecular complexity index is 997. The van der Waals surface area contributed by atoms with Gasteiger partial charge in [0.1, 0.15) is 5.82 Å². The molecule has 0 aliphatic heterocycles. The Morgan fingerprint density at radius 3 is 2.67 bits per heavy atom. The standard InChI is InChI=1S/C21H24N4O2/c1-3-12-25(14-20(26)23-17-10-6-4-8-15(17)2)13-19-22-18-11-7-5-9-16(18)21(27)24-19/h4-11H,3,12-14H2,1-2H3,(H,23,26)(H,22,24,27). The van der Waals surface area contributed by atoms with Crippen molar-refractivity contribution in [3.63, 3.8) is 0 Å². The minimum absolute atomic E-state index is 0.0825. The minimum Gasteiger partial charge on any atom is -0.325 e. The largest absolute Gasteiger partial charge is 0.325 e. The Kier molecular flexibility index (Phi) is 5.98. The fraction of sp³-hybridized carbons (Fsp3) is 0.286. The number of para-hydroxylation sites is 2. The number of aromatic nitrogens is 2. The number of aryl methyl sites for hydroxylation is 1. The summed E-state index contributed by atoms with van der Waals surface area (Å²) in [6, 6.07) is 14.9. The molecule has 0 unspecified atom stereocenters. The fourth-order valence-corrected chi connectivity index (χ4v) is 3.06. The van der Waals surface area contributed by atoms with Crippen LogP contribution >= 0.6 is 0 Å². The molecule has 0 aliphatic carbocycles. The average Bonchev–Trinajstić information content (AvgIpc) is 2.64. The highest BCUT2D eigenvalue weighted by molar-refractivity contribution is 5.92. The predicted octanol–water partition coefficient (Wildman–Crippen LogP) is 3.08. The van der Waals surface area contributed by atoms with Crippen LogP contribution in [0.25, 0.3) is 10.9 Å². The van der Waals surface area contributed by atoms with E-state index in [2.05, 4.69) is 22.2 Å². The van der Waals surface area contributed by atoms with Gasteiger partial charge in [-0.25, -0.2) is 4.98 Å². The summed E-state index contributed by atoms with van der Waals surface area (Å²) in [5.41, 5.74) is 2.35. The number of nitrogens with one attached hydrogen (secondary N) is 2. The van der Waals surface area contributed by atoms with Gasteiger partial charge in [-0.2, -0.15) is 0 Å². The van der Waals surface area contributed by atoms with Crippen LogP contribution in [0.2, 0.25) is 0 Å². The third kappa shape index (κ3) is 4.80. The van der Waals surface area contributed by atoms with Crippen molar-refractivity contribution in [3.8, 4) is 0 Å². The second kappa shape index (κ2) is 8.60. The van der Waals surface area contributed by atoms with E-state index in [9.17, 15) is 9.59 Å². The van der Waals surface area contributed by atoms with Crippen molar-refractivity contribution in [1.29, 1.82) is 0 Å². The zero-order chi connectivity index (χ0) is 19.2. The highest BCUT2D eigenvalue weighted by atomic mass is 16.2. The lowest BCUT2D eigenvalue weighted by atomic mass is 10.2. The molecule has 1 heterocycles. The van der Waals surface area contributed by atoms with E-state index in [-0.39, 0.29) is 18.0 Å². The van der Waals surface area contributed by atoms with Crippen LogP contribution < -0.4 is 10.9 Å². The molecule has 27 heavy (non-hydrogen) atoms. The van der Waals surface area contributed by atoms with Crippen LogP contribution in [0, 0.1) is 6.92 Å². The summed E-state index contributed by atoms with van der Waals surface area (Å²) in [5, 5.41) is 3.52. The molecule has 6 nitrogen and oxygen atoms in total. The zero-order valence-electron chi connectivity index (χ0n) is 15.7.